The van der Waals surface area contributed by atoms with Crippen LogP contribution >= 0.6 is 0 Å². The molecule has 0 spiro atoms. The Balaban J connectivity index is 1.95. The zero-order chi connectivity index (χ0) is 45.1. The minimum Gasteiger partial charge on any atom is -0.486 e. The molecular weight excluding hydrogens is 827 g/mol. The third kappa shape index (κ3) is 15.1. The molecule has 0 aliphatic rings. The van der Waals surface area contributed by atoms with Gasteiger partial charge in [-0.25, -0.2) is 9.59 Å². The van der Waals surface area contributed by atoms with E-state index in [1.165, 1.54) is 7.11 Å². The highest BCUT2D eigenvalue weighted by atomic mass is 32.2. The first kappa shape index (κ1) is 50.2. The first-order chi connectivity index (χ1) is 29.8. The molecule has 0 aliphatic carbocycles. The molecule has 0 saturated carbocycles. The van der Waals surface area contributed by atoms with E-state index in [2.05, 4.69) is 0 Å². The lowest BCUT2D eigenvalue weighted by molar-refractivity contribution is -0.645. The number of methoxy groups -OCH3 is 3. The molecule has 0 fully saturated rings. The molecular formula is C45H62NO15S+. The van der Waals surface area contributed by atoms with E-state index in [4.69, 9.17) is 47.4 Å². The average Bonchev–Trinajstić information content (AvgIpc) is 3.24. The van der Waals surface area contributed by atoms with E-state index in [-0.39, 0.29) is 50.7 Å². The summed E-state index contributed by atoms with van der Waals surface area (Å²) in [4.78, 5) is 27.3. The fraction of sp³-hybridized carbons (Fsp3) is 0.533. The molecule has 0 bridgehead atoms. The summed E-state index contributed by atoms with van der Waals surface area (Å²) in [7, 11) is 0.180. The monoisotopic (exact) mass is 888 g/mol. The summed E-state index contributed by atoms with van der Waals surface area (Å²) < 4.78 is 93.0. The highest BCUT2D eigenvalue weighted by Crippen LogP contribution is 2.34. The molecule has 0 amide bonds. The van der Waals surface area contributed by atoms with Crippen LogP contribution in [0.2, 0.25) is 0 Å². The molecule has 16 nitrogen and oxygen atoms in total. The number of aromatic nitrogens is 1. The SMILES string of the molecule is CCCOCC(COCCC)Oc1ccc2c(c1)c(C(=O)Oc1c(C)cc(C(=O)OC)cc1C)c1cc(OC(COCCOC)COCCOC)ccc1[n+]2CCCS(=O)(=O)O. The van der Waals surface area contributed by atoms with Gasteiger partial charge in [0.05, 0.1) is 87.6 Å². The van der Waals surface area contributed by atoms with Gasteiger partial charge in [0.1, 0.15) is 29.5 Å². The van der Waals surface area contributed by atoms with Crippen LogP contribution in [0.1, 0.15) is 65.0 Å². The smallest absolute Gasteiger partial charge is 0.345 e. The predicted octanol–water partition coefficient (Wildman–Crippen LogP) is 5.86. The van der Waals surface area contributed by atoms with Crippen LogP contribution in [0.15, 0.2) is 48.5 Å². The van der Waals surface area contributed by atoms with Crippen molar-refractivity contribution in [3.63, 3.8) is 0 Å². The number of hydrogen-bond donors (Lipinski definition) is 1. The normalized spacial score (nSPS) is 11.8. The fourth-order valence-corrected chi connectivity index (χ4v) is 7.22. The Hall–Kier alpha value is -4.46. The summed E-state index contributed by atoms with van der Waals surface area (Å²) in [6.45, 7) is 11.0. The van der Waals surface area contributed by atoms with Gasteiger partial charge >= 0.3 is 11.9 Å². The third-order valence-electron chi connectivity index (χ3n) is 9.50. The summed E-state index contributed by atoms with van der Waals surface area (Å²) in [6.07, 6.45) is 0.667. The number of esters is 2. The molecule has 1 heterocycles. The van der Waals surface area contributed by atoms with Crippen molar-refractivity contribution in [2.24, 2.45) is 0 Å². The minimum atomic E-state index is -4.28. The molecule has 342 valence electrons. The van der Waals surface area contributed by atoms with E-state index in [0.29, 0.717) is 89.6 Å². The molecule has 62 heavy (non-hydrogen) atoms. The third-order valence-corrected chi connectivity index (χ3v) is 10.3. The predicted molar refractivity (Wildman–Crippen MR) is 231 cm³/mol. The second kappa shape index (κ2) is 25.6. The van der Waals surface area contributed by atoms with Crippen LogP contribution in [-0.2, 0) is 49.8 Å². The van der Waals surface area contributed by atoms with Gasteiger partial charge in [0.15, 0.2) is 6.54 Å². The van der Waals surface area contributed by atoms with Crippen molar-refractivity contribution in [1.82, 2.24) is 0 Å². The second-order valence-electron chi connectivity index (χ2n) is 14.6. The van der Waals surface area contributed by atoms with Crippen molar-refractivity contribution >= 4 is 43.9 Å². The quantitative estimate of drug-likeness (QED) is 0.0171. The van der Waals surface area contributed by atoms with Gasteiger partial charge in [0, 0.05) is 46.0 Å². The first-order valence-corrected chi connectivity index (χ1v) is 22.4. The molecule has 0 atom stereocenters. The number of benzene rings is 3. The molecule has 0 saturated heterocycles. The number of pyridine rings is 1. The van der Waals surface area contributed by atoms with Crippen LogP contribution in [-0.4, -0.2) is 130 Å². The topological polar surface area (TPSA) is 185 Å². The van der Waals surface area contributed by atoms with Gasteiger partial charge in [-0.15, -0.1) is 0 Å². The van der Waals surface area contributed by atoms with Crippen LogP contribution in [0.4, 0.5) is 0 Å². The second-order valence-corrected chi connectivity index (χ2v) is 16.2. The van der Waals surface area contributed by atoms with Gasteiger partial charge in [-0.1, -0.05) is 13.8 Å². The van der Waals surface area contributed by atoms with Crippen molar-refractivity contribution < 1.29 is 74.5 Å². The number of carbonyl (C=O) groups is 2. The van der Waals surface area contributed by atoms with E-state index < -0.39 is 40.0 Å². The van der Waals surface area contributed by atoms with Gasteiger partial charge in [0.25, 0.3) is 10.1 Å². The van der Waals surface area contributed by atoms with Gasteiger partial charge in [-0.05, 0) is 74.2 Å². The minimum absolute atomic E-state index is 0.0598. The highest BCUT2D eigenvalue weighted by molar-refractivity contribution is 7.85. The van der Waals surface area contributed by atoms with Crippen LogP contribution in [0.3, 0.4) is 0 Å². The van der Waals surface area contributed by atoms with Crippen molar-refractivity contribution in [3.8, 4) is 17.2 Å². The maximum absolute atomic E-state index is 14.9. The molecule has 1 N–H and O–H groups in total. The molecule has 4 aromatic rings. The van der Waals surface area contributed by atoms with Crippen molar-refractivity contribution in [2.45, 2.75) is 65.7 Å². The Kier molecular flexibility index (Phi) is 20.7. The number of carbonyl (C=O) groups excluding carboxylic acids is 2. The Labute approximate surface area is 364 Å². The van der Waals surface area contributed by atoms with Crippen molar-refractivity contribution in [3.05, 3.63) is 70.8 Å². The number of ether oxygens (including phenoxy) is 10. The molecule has 1 aromatic heterocycles. The standard InChI is InChI=1S/C45H61NO15S/c1-8-16-55-27-36(28-56-17-9-2)59-34-11-13-40-38(25-34)42(45(48)61-43-31(3)23-33(24-32(43)4)44(47)54-7)39-26-35(12-14-41(39)46(40)15-10-22-62(49,50)51)60-37(29-57-20-18-52-5)30-58-21-19-53-6/h11-14,23-26,36-37H,8-10,15-22,27-30H2,1-7H3/p+1. The van der Waals surface area contributed by atoms with E-state index in [9.17, 15) is 22.6 Å². The molecule has 0 radical (unpaired) electrons. The molecule has 0 unspecified atom stereocenters. The van der Waals surface area contributed by atoms with E-state index in [1.54, 1.807) is 76.6 Å². The van der Waals surface area contributed by atoms with Crippen LogP contribution < -0.4 is 18.8 Å². The number of nitrogens with zero attached hydrogens (tertiary/aromatic N) is 1. The van der Waals surface area contributed by atoms with Crippen LogP contribution in [0, 0.1) is 13.8 Å². The number of fused-ring (bicyclic) bond motifs is 2. The number of aryl methyl sites for hydroxylation is 3. The summed E-state index contributed by atoms with van der Waals surface area (Å²) >= 11 is 0. The van der Waals surface area contributed by atoms with Gasteiger partial charge < -0.3 is 47.4 Å². The Morgan fingerprint density at radius 3 is 1.55 bits per heavy atom. The summed E-state index contributed by atoms with van der Waals surface area (Å²) in [5, 5.41) is 0.842. The van der Waals surface area contributed by atoms with Gasteiger partial charge in [0.2, 0.25) is 11.0 Å². The molecule has 0 aliphatic heterocycles. The van der Waals surface area contributed by atoms with Crippen LogP contribution in [0.5, 0.6) is 17.2 Å². The van der Waals surface area contributed by atoms with Gasteiger partial charge in [-0.3, -0.25) is 4.55 Å². The largest absolute Gasteiger partial charge is 0.486 e. The first-order valence-electron chi connectivity index (χ1n) is 20.8. The van der Waals surface area contributed by atoms with Crippen molar-refractivity contribution in [2.75, 3.05) is 93.2 Å². The summed E-state index contributed by atoms with van der Waals surface area (Å²) in [6, 6.07) is 13.7. The number of hydrogen-bond acceptors (Lipinski definition) is 14. The maximum Gasteiger partial charge on any atom is 0.345 e. The lowest BCUT2D eigenvalue weighted by atomic mass is 10.0. The molecule has 17 heteroatoms. The van der Waals surface area contributed by atoms with Crippen LogP contribution in [0.25, 0.3) is 21.8 Å². The number of rotatable bonds is 29. The molecule has 4 rings (SSSR count). The van der Waals surface area contributed by atoms with E-state index >= 15 is 0 Å². The zero-order valence-electron chi connectivity index (χ0n) is 36.9. The van der Waals surface area contributed by atoms with Crippen molar-refractivity contribution in [1.29, 1.82) is 0 Å². The fourth-order valence-electron chi connectivity index (χ4n) is 6.73. The van der Waals surface area contributed by atoms with E-state index in [1.807, 2.05) is 18.4 Å². The Bertz CT molecular complexity index is 2130. The zero-order valence-corrected chi connectivity index (χ0v) is 37.7. The van der Waals surface area contributed by atoms with E-state index in [0.717, 1.165) is 12.8 Å². The lowest BCUT2D eigenvalue weighted by Crippen LogP contribution is -2.37. The Morgan fingerprint density at radius 1 is 0.661 bits per heavy atom. The average molecular weight is 889 g/mol. The highest BCUT2D eigenvalue weighted by Gasteiger charge is 2.29. The molecule has 3 aromatic carbocycles. The maximum atomic E-state index is 14.9. The lowest BCUT2D eigenvalue weighted by Gasteiger charge is -2.21. The van der Waals surface area contributed by atoms with Gasteiger partial charge in [-0.2, -0.15) is 13.0 Å². The Morgan fingerprint density at radius 2 is 1.13 bits per heavy atom. The summed E-state index contributed by atoms with van der Waals surface area (Å²) in [5.74, 6) is -0.666. The summed E-state index contributed by atoms with van der Waals surface area (Å²) in [5.41, 5.74) is 2.65.